The number of likely N-dealkylation sites (tertiary alicyclic amines) is 1. The lowest BCUT2D eigenvalue weighted by Gasteiger charge is -2.41. The van der Waals surface area contributed by atoms with Crippen LogP contribution in [0.15, 0.2) is 71.9 Å². The molecule has 1 aromatic heterocycles. The van der Waals surface area contributed by atoms with E-state index in [2.05, 4.69) is 10.3 Å². The van der Waals surface area contributed by atoms with Crippen LogP contribution < -0.4 is 5.32 Å². The third-order valence-electron chi connectivity index (χ3n) is 8.29. The van der Waals surface area contributed by atoms with E-state index >= 15 is 0 Å². The second kappa shape index (κ2) is 14.8. The number of hydrogen-bond acceptors (Lipinski definition) is 8. The van der Waals surface area contributed by atoms with Gasteiger partial charge in [-0.15, -0.1) is 11.8 Å². The van der Waals surface area contributed by atoms with E-state index in [1.807, 2.05) is 31.2 Å². The summed E-state index contributed by atoms with van der Waals surface area (Å²) in [5.74, 6) is -3.49. The Labute approximate surface area is 273 Å². The lowest BCUT2D eigenvalue weighted by atomic mass is 9.91. The topological polar surface area (TPSA) is 138 Å². The third-order valence-corrected chi connectivity index (χ3v) is 9.38. The maximum Gasteiger partial charge on any atom is 0.471 e. The van der Waals surface area contributed by atoms with E-state index in [1.54, 1.807) is 30.3 Å². The normalized spacial score (nSPS) is 23.0. The van der Waals surface area contributed by atoms with Gasteiger partial charge in [-0.25, -0.2) is 9.78 Å². The fraction of sp³-hybridized carbons (Fsp3) is 0.394. The van der Waals surface area contributed by atoms with Gasteiger partial charge in [0.25, 0.3) is 0 Å². The summed E-state index contributed by atoms with van der Waals surface area (Å²) in [5, 5.41) is 22.1. The minimum absolute atomic E-state index is 0.0438. The number of aliphatic hydroxyl groups is 1. The highest BCUT2D eigenvalue weighted by molar-refractivity contribution is 7.99. The number of nitrogens with zero attached hydrogens (tertiary/aromatic N) is 2. The molecule has 2 aliphatic rings. The van der Waals surface area contributed by atoms with E-state index in [-0.39, 0.29) is 43.7 Å². The molecular weight excluding hydrogens is 639 g/mol. The molecule has 0 saturated carbocycles. The van der Waals surface area contributed by atoms with Crippen molar-refractivity contribution in [2.75, 3.05) is 12.3 Å². The third kappa shape index (κ3) is 8.12. The van der Waals surface area contributed by atoms with Gasteiger partial charge in [0.2, 0.25) is 5.91 Å². The van der Waals surface area contributed by atoms with Gasteiger partial charge in [0, 0.05) is 36.5 Å². The average molecular weight is 674 g/mol. The number of carbonyl (C=O) groups is 3. The van der Waals surface area contributed by atoms with E-state index in [0.717, 1.165) is 11.1 Å². The second-order valence-corrected chi connectivity index (χ2v) is 12.4. The number of pyridine rings is 1. The molecule has 5 atom stereocenters. The first kappa shape index (κ1) is 34.4. The fourth-order valence-electron chi connectivity index (χ4n) is 5.68. The molecule has 3 aromatic rings. The highest BCUT2D eigenvalue weighted by atomic mass is 32.2. The standard InChI is InChI=1S/C33H34F3N3O7S/c1-19-26(18-47-29-24(30(42)43)4-2-14-37-29)45-31(46-27(19)22-10-8-21(17-40)9-11-22)23-12-6-20(7-13-23)16-38-28(41)25-5-3-15-39(25)32(44)33(34,35)36/h2,4,6-14,19,25-27,31,40H,3,5,15-18H2,1H3,(H,38,41)(H,42,43)/t19-,25+,26+,27+,31+/m1/s1. The van der Waals surface area contributed by atoms with Crippen LogP contribution in [0.3, 0.4) is 0 Å². The highest BCUT2D eigenvalue weighted by Gasteiger charge is 2.47. The minimum Gasteiger partial charge on any atom is -0.478 e. The molecule has 0 spiro atoms. The number of ether oxygens (including phenoxy) is 2. The molecule has 3 N–H and O–H groups in total. The first-order chi connectivity index (χ1) is 22.5. The van der Waals surface area contributed by atoms with Gasteiger partial charge in [0.05, 0.1) is 24.4 Å². The quantitative estimate of drug-likeness (QED) is 0.253. The molecule has 2 fully saturated rings. The summed E-state index contributed by atoms with van der Waals surface area (Å²) >= 11 is 1.28. The Morgan fingerprint density at radius 3 is 2.36 bits per heavy atom. The number of halogens is 3. The summed E-state index contributed by atoms with van der Waals surface area (Å²) in [6.45, 7) is 1.81. The number of carbonyl (C=O) groups excluding carboxylic acids is 2. The van der Waals surface area contributed by atoms with Gasteiger partial charge in [-0.3, -0.25) is 9.59 Å². The minimum atomic E-state index is -5.04. The molecule has 14 heteroatoms. The number of alkyl halides is 3. The van der Waals surface area contributed by atoms with Crippen molar-refractivity contribution in [2.45, 2.75) is 68.7 Å². The molecule has 2 amide bonds. The Morgan fingerprint density at radius 2 is 1.70 bits per heavy atom. The van der Waals surface area contributed by atoms with Gasteiger partial charge in [-0.1, -0.05) is 55.5 Å². The zero-order chi connectivity index (χ0) is 33.7. The molecule has 2 saturated heterocycles. The summed E-state index contributed by atoms with van der Waals surface area (Å²) in [6.07, 6.45) is -4.62. The van der Waals surface area contributed by atoms with Crippen molar-refractivity contribution in [3.63, 3.8) is 0 Å². The Balaban J connectivity index is 1.29. The Morgan fingerprint density at radius 1 is 1.02 bits per heavy atom. The molecule has 0 unspecified atom stereocenters. The van der Waals surface area contributed by atoms with Gasteiger partial charge < -0.3 is 29.9 Å². The summed E-state index contributed by atoms with van der Waals surface area (Å²) < 4.78 is 51.8. The van der Waals surface area contributed by atoms with Gasteiger partial charge in [0.1, 0.15) is 11.1 Å². The SMILES string of the molecule is C[C@@H]1[C@H](CSc2ncccc2C(=O)O)O[C@H](c2ccc(CNC(=O)[C@@H]3CCCN3C(=O)C(F)(F)F)cc2)O[C@@H]1c1ccc(CO)cc1. The molecule has 2 aliphatic heterocycles. The molecule has 0 radical (unpaired) electrons. The van der Waals surface area contributed by atoms with Gasteiger partial charge in [0.15, 0.2) is 6.29 Å². The van der Waals surface area contributed by atoms with Crippen molar-refractivity contribution in [1.29, 1.82) is 0 Å². The largest absolute Gasteiger partial charge is 0.478 e. The lowest BCUT2D eigenvalue weighted by Crippen LogP contribution is -2.50. The van der Waals surface area contributed by atoms with Gasteiger partial charge in [-0.2, -0.15) is 13.2 Å². The van der Waals surface area contributed by atoms with Crippen molar-refractivity contribution in [3.05, 3.63) is 94.7 Å². The average Bonchev–Trinajstić information content (AvgIpc) is 3.56. The number of nitrogens with one attached hydrogen (secondary N) is 1. The Bertz CT molecular complexity index is 1570. The number of rotatable bonds is 10. The van der Waals surface area contributed by atoms with Crippen molar-refractivity contribution < 1.29 is 47.2 Å². The summed E-state index contributed by atoms with van der Waals surface area (Å²) in [5.41, 5.74) is 3.09. The molecule has 5 rings (SSSR count). The Kier molecular flexibility index (Phi) is 10.8. The summed E-state index contributed by atoms with van der Waals surface area (Å²) in [6, 6.07) is 16.3. The molecule has 250 valence electrons. The number of benzene rings is 2. The van der Waals surface area contributed by atoms with E-state index in [1.165, 1.54) is 24.0 Å². The first-order valence-electron chi connectivity index (χ1n) is 15.0. The molecule has 0 bridgehead atoms. The second-order valence-electron chi connectivity index (χ2n) is 11.4. The summed E-state index contributed by atoms with van der Waals surface area (Å²) in [4.78, 5) is 41.0. The van der Waals surface area contributed by atoms with Crippen molar-refractivity contribution in [2.24, 2.45) is 5.92 Å². The molecule has 0 aliphatic carbocycles. The number of thioether (sulfide) groups is 1. The van der Waals surface area contributed by atoms with Crippen LogP contribution in [-0.2, 0) is 32.2 Å². The molecule has 47 heavy (non-hydrogen) atoms. The maximum absolute atomic E-state index is 13.0. The molecule has 10 nitrogen and oxygen atoms in total. The number of hydrogen-bond donors (Lipinski definition) is 3. The number of carboxylic acids is 1. The fourth-order valence-corrected chi connectivity index (χ4v) is 6.83. The Hall–Kier alpha value is -3.98. The first-order valence-corrected chi connectivity index (χ1v) is 16.0. The van der Waals surface area contributed by atoms with Crippen LogP contribution in [0.4, 0.5) is 13.2 Å². The number of aromatic nitrogens is 1. The smallest absolute Gasteiger partial charge is 0.471 e. The van der Waals surface area contributed by atoms with E-state index < -0.39 is 42.4 Å². The van der Waals surface area contributed by atoms with Crippen LogP contribution >= 0.6 is 11.8 Å². The zero-order valence-electron chi connectivity index (χ0n) is 25.4. The zero-order valence-corrected chi connectivity index (χ0v) is 26.2. The molecular formula is C33H34F3N3O7S. The maximum atomic E-state index is 13.0. The van der Waals surface area contributed by atoms with Crippen LogP contribution in [-0.4, -0.2) is 68.5 Å². The number of aliphatic hydroxyl groups excluding tert-OH is 1. The van der Waals surface area contributed by atoms with Crippen LogP contribution in [0.2, 0.25) is 0 Å². The lowest BCUT2D eigenvalue weighted by molar-refractivity contribution is -0.268. The molecule has 3 heterocycles. The predicted molar refractivity (Wildman–Crippen MR) is 164 cm³/mol. The van der Waals surface area contributed by atoms with Crippen molar-refractivity contribution in [3.8, 4) is 0 Å². The van der Waals surface area contributed by atoms with E-state index in [0.29, 0.717) is 33.2 Å². The summed E-state index contributed by atoms with van der Waals surface area (Å²) in [7, 11) is 0. The van der Waals surface area contributed by atoms with Crippen molar-refractivity contribution >= 4 is 29.5 Å². The van der Waals surface area contributed by atoms with Crippen LogP contribution in [0.1, 0.15) is 64.8 Å². The number of amides is 2. The molecule has 2 aromatic carbocycles. The monoisotopic (exact) mass is 673 g/mol. The van der Waals surface area contributed by atoms with Crippen LogP contribution in [0.5, 0.6) is 0 Å². The van der Waals surface area contributed by atoms with Gasteiger partial charge in [-0.05, 0) is 41.7 Å². The van der Waals surface area contributed by atoms with E-state index in [4.69, 9.17) is 9.47 Å². The van der Waals surface area contributed by atoms with Crippen LogP contribution in [0, 0.1) is 5.92 Å². The number of aromatic carboxylic acids is 1. The van der Waals surface area contributed by atoms with Crippen molar-refractivity contribution in [1.82, 2.24) is 15.2 Å². The predicted octanol–water partition coefficient (Wildman–Crippen LogP) is 5.03. The van der Waals surface area contributed by atoms with Gasteiger partial charge >= 0.3 is 18.1 Å². The highest BCUT2D eigenvalue weighted by Crippen LogP contribution is 2.43. The van der Waals surface area contributed by atoms with E-state index in [9.17, 15) is 37.8 Å². The number of carboxylic acid groups (broad SMARTS) is 1. The van der Waals surface area contributed by atoms with Crippen LogP contribution in [0.25, 0.3) is 0 Å².